The van der Waals surface area contributed by atoms with E-state index in [0.717, 1.165) is 11.4 Å². The highest BCUT2D eigenvalue weighted by molar-refractivity contribution is 5.77. The molecule has 5 heteroatoms. The van der Waals surface area contributed by atoms with Crippen molar-refractivity contribution in [1.29, 1.82) is 0 Å². The van der Waals surface area contributed by atoms with Gasteiger partial charge in [0, 0.05) is 5.56 Å². The molecule has 0 radical (unpaired) electrons. The van der Waals surface area contributed by atoms with E-state index >= 15 is 0 Å². The quantitative estimate of drug-likeness (QED) is 0.521. The molecule has 90 valence electrons. The largest absolute Gasteiger partial charge is 0.453 e. The van der Waals surface area contributed by atoms with Crippen molar-refractivity contribution in [1.82, 2.24) is 0 Å². The topological polar surface area (TPSA) is 64.4 Å². The minimum atomic E-state index is -0.403. The zero-order valence-electron chi connectivity index (χ0n) is 9.64. The van der Waals surface area contributed by atoms with Crippen LogP contribution in [0.15, 0.2) is 36.4 Å². The first-order chi connectivity index (χ1) is 8.65. The Hall–Kier alpha value is -2.56. The molecule has 1 N–H and O–H groups in total. The van der Waals surface area contributed by atoms with Crippen LogP contribution in [0, 0.1) is 17.0 Å². The minimum absolute atomic E-state index is 0.0648. The first-order valence-corrected chi connectivity index (χ1v) is 5.48. The van der Waals surface area contributed by atoms with Crippen molar-refractivity contribution < 1.29 is 9.66 Å². The maximum Gasteiger partial charge on any atom is 0.276 e. The number of nitrogens with zero attached hydrogens (tertiary/aromatic N) is 1. The molecule has 1 heterocycles. The summed E-state index contributed by atoms with van der Waals surface area (Å²) in [7, 11) is 0. The van der Waals surface area contributed by atoms with Gasteiger partial charge in [-0.05, 0) is 25.1 Å². The molecule has 0 fully saturated rings. The predicted molar refractivity (Wildman–Crippen MR) is 67.6 cm³/mol. The van der Waals surface area contributed by atoms with E-state index in [1.807, 2.05) is 24.3 Å². The number of nitro groups is 1. The molecular weight excluding hydrogens is 232 g/mol. The van der Waals surface area contributed by atoms with Gasteiger partial charge in [0.1, 0.15) is 0 Å². The fraction of sp³-hybridized carbons (Fsp3) is 0.0769. The molecule has 0 unspecified atom stereocenters. The smallest absolute Gasteiger partial charge is 0.276 e. The lowest BCUT2D eigenvalue weighted by Gasteiger charge is -2.21. The van der Waals surface area contributed by atoms with Crippen molar-refractivity contribution in [3.8, 4) is 11.5 Å². The zero-order valence-corrected chi connectivity index (χ0v) is 9.64. The fourth-order valence-corrected chi connectivity index (χ4v) is 1.98. The standard InChI is InChI=1S/C13H10N2O3/c1-8-6-10-13(7-11(8)15(16)17)18-12-5-3-2-4-9(12)14-10/h2-7,14H,1H3. The highest BCUT2D eigenvalue weighted by Gasteiger charge is 2.21. The van der Waals surface area contributed by atoms with Crippen molar-refractivity contribution in [2.75, 3.05) is 5.32 Å². The summed E-state index contributed by atoms with van der Waals surface area (Å²) in [6.45, 7) is 1.71. The number of para-hydroxylation sites is 2. The van der Waals surface area contributed by atoms with E-state index in [-0.39, 0.29) is 5.69 Å². The zero-order chi connectivity index (χ0) is 12.7. The van der Waals surface area contributed by atoms with Crippen molar-refractivity contribution in [3.05, 3.63) is 52.1 Å². The van der Waals surface area contributed by atoms with Crippen molar-refractivity contribution in [3.63, 3.8) is 0 Å². The Kier molecular flexibility index (Phi) is 2.19. The molecule has 0 atom stereocenters. The normalized spacial score (nSPS) is 11.8. The number of aryl methyl sites for hydroxylation is 1. The lowest BCUT2D eigenvalue weighted by molar-refractivity contribution is -0.385. The van der Waals surface area contributed by atoms with Crippen LogP contribution in [0.25, 0.3) is 0 Å². The second kappa shape index (κ2) is 3.73. The summed E-state index contributed by atoms with van der Waals surface area (Å²) in [4.78, 5) is 10.5. The van der Waals surface area contributed by atoms with Crippen LogP contribution < -0.4 is 10.1 Å². The first-order valence-electron chi connectivity index (χ1n) is 5.48. The number of anilines is 2. The summed E-state index contributed by atoms with van der Waals surface area (Å²) >= 11 is 0. The highest BCUT2D eigenvalue weighted by Crippen LogP contribution is 2.44. The molecule has 1 aliphatic rings. The monoisotopic (exact) mass is 242 g/mol. The Morgan fingerprint density at radius 1 is 1.17 bits per heavy atom. The highest BCUT2D eigenvalue weighted by atomic mass is 16.6. The van der Waals surface area contributed by atoms with Crippen LogP contribution in [-0.4, -0.2) is 4.92 Å². The van der Waals surface area contributed by atoms with E-state index in [1.54, 1.807) is 13.0 Å². The molecule has 0 saturated carbocycles. The second-order valence-electron chi connectivity index (χ2n) is 4.12. The predicted octanol–water partition coefficient (Wildman–Crippen LogP) is 3.75. The van der Waals surface area contributed by atoms with Gasteiger partial charge in [-0.1, -0.05) is 12.1 Å². The summed E-state index contributed by atoms with van der Waals surface area (Å²) in [5.41, 5.74) is 2.28. The second-order valence-corrected chi connectivity index (χ2v) is 4.12. The van der Waals surface area contributed by atoms with Crippen LogP contribution in [0.5, 0.6) is 11.5 Å². The van der Waals surface area contributed by atoms with Crippen LogP contribution >= 0.6 is 0 Å². The van der Waals surface area contributed by atoms with Gasteiger partial charge in [0.15, 0.2) is 11.5 Å². The number of hydrogen-bond donors (Lipinski definition) is 1. The number of ether oxygens (including phenoxy) is 1. The van der Waals surface area contributed by atoms with Crippen LogP contribution in [0.3, 0.4) is 0 Å². The summed E-state index contributed by atoms with van der Waals surface area (Å²) in [6, 6.07) is 10.6. The van der Waals surface area contributed by atoms with E-state index in [9.17, 15) is 10.1 Å². The van der Waals surface area contributed by atoms with E-state index in [4.69, 9.17) is 4.74 Å². The third-order valence-corrected chi connectivity index (χ3v) is 2.87. The maximum atomic E-state index is 10.9. The number of nitrogens with one attached hydrogen (secondary N) is 1. The average molecular weight is 242 g/mol. The molecule has 0 amide bonds. The van der Waals surface area contributed by atoms with Crippen LogP contribution in [0.2, 0.25) is 0 Å². The lowest BCUT2D eigenvalue weighted by Crippen LogP contribution is -2.04. The van der Waals surface area contributed by atoms with Gasteiger partial charge in [0.05, 0.1) is 22.4 Å². The van der Waals surface area contributed by atoms with Gasteiger partial charge in [0.2, 0.25) is 0 Å². The molecular formula is C13H10N2O3. The summed E-state index contributed by atoms with van der Waals surface area (Å²) in [5.74, 6) is 1.15. The first kappa shape index (κ1) is 10.6. The van der Waals surface area contributed by atoms with Gasteiger partial charge in [-0.3, -0.25) is 10.1 Å². The molecule has 18 heavy (non-hydrogen) atoms. The number of rotatable bonds is 1. The fourth-order valence-electron chi connectivity index (χ4n) is 1.98. The van der Waals surface area contributed by atoms with Crippen LogP contribution in [0.1, 0.15) is 5.56 Å². The van der Waals surface area contributed by atoms with Gasteiger partial charge in [-0.2, -0.15) is 0 Å². The molecule has 2 aromatic rings. The van der Waals surface area contributed by atoms with Crippen LogP contribution in [-0.2, 0) is 0 Å². The van der Waals surface area contributed by atoms with Gasteiger partial charge >= 0.3 is 0 Å². The molecule has 0 aliphatic carbocycles. The Morgan fingerprint density at radius 3 is 2.72 bits per heavy atom. The SMILES string of the molecule is Cc1cc2c(cc1[N+](=O)[O-])Oc1ccccc1N2. The molecule has 3 rings (SSSR count). The third-order valence-electron chi connectivity index (χ3n) is 2.87. The summed E-state index contributed by atoms with van der Waals surface area (Å²) in [6.07, 6.45) is 0. The Morgan fingerprint density at radius 2 is 1.94 bits per heavy atom. The third kappa shape index (κ3) is 1.57. The number of nitro benzene ring substituents is 1. The molecule has 1 aliphatic heterocycles. The maximum absolute atomic E-state index is 10.9. The molecule has 0 saturated heterocycles. The number of benzene rings is 2. The number of hydrogen-bond acceptors (Lipinski definition) is 4. The summed E-state index contributed by atoms with van der Waals surface area (Å²) in [5, 5.41) is 14.1. The van der Waals surface area contributed by atoms with Gasteiger partial charge < -0.3 is 10.1 Å². The van der Waals surface area contributed by atoms with Gasteiger partial charge in [-0.15, -0.1) is 0 Å². The molecule has 5 nitrogen and oxygen atoms in total. The Labute approximate surface area is 103 Å². The lowest BCUT2D eigenvalue weighted by atomic mass is 10.1. The van der Waals surface area contributed by atoms with Crippen molar-refractivity contribution >= 4 is 17.1 Å². The van der Waals surface area contributed by atoms with Crippen LogP contribution in [0.4, 0.5) is 17.1 Å². The van der Waals surface area contributed by atoms with E-state index < -0.39 is 4.92 Å². The molecule has 0 aromatic heterocycles. The van der Waals surface area contributed by atoms with Gasteiger partial charge in [0.25, 0.3) is 5.69 Å². The Bertz CT molecular complexity index is 653. The average Bonchev–Trinajstić information content (AvgIpc) is 2.35. The Balaban J connectivity index is 2.11. The van der Waals surface area contributed by atoms with Crippen molar-refractivity contribution in [2.24, 2.45) is 0 Å². The molecule has 0 spiro atoms. The van der Waals surface area contributed by atoms with E-state index in [1.165, 1.54) is 6.07 Å². The molecule has 2 aromatic carbocycles. The van der Waals surface area contributed by atoms with E-state index in [0.29, 0.717) is 17.1 Å². The molecule has 0 bridgehead atoms. The number of fused-ring (bicyclic) bond motifs is 2. The minimum Gasteiger partial charge on any atom is -0.453 e. The van der Waals surface area contributed by atoms with Crippen molar-refractivity contribution in [2.45, 2.75) is 6.92 Å². The van der Waals surface area contributed by atoms with E-state index in [2.05, 4.69) is 5.32 Å². The van der Waals surface area contributed by atoms with Gasteiger partial charge in [-0.25, -0.2) is 0 Å². The summed E-state index contributed by atoms with van der Waals surface area (Å²) < 4.78 is 5.66.